The molecule has 116 valence electrons. The first-order chi connectivity index (χ1) is 9.20. The molecular formula is C15H29N3O2. The second-order valence-corrected chi connectivity index (χ2v) is 6.92. The summed E-state index contributed by atoms with van der Waals surface area (Å²) in [5.41, 5.74) is -0.581. The monoisotopic (exact) mass is 283 g/mol. The number of nitrogens with one attached hydrogen (secondary N) is 2. The van der Waals surface area contributed by atoms with Gasteiger partial charge in [-0.05, 0) is 40.2 Å². The molecule has 0 aliphatic carbocycles. The number of hydrogen-bond acceptors (Lipinski definition) is 3. The molecule has 1 rings (SSSR count). The van der Waals surface area contributed by atoms with Crippen molar-refractivity contribution in [2.45, 2.75) is 52.5 Å². The first-order valence-corrected chi connectivity index (χ1v) is 7.47. The van der Waals surface area contributed by atoms with Gasteiger partial charge in [0, 0.05) is 19.1 Å². The Kier molecular flexibility index (Phi) is 5.57. The van der Waals surface area contributed by atoms with Gasteiger partial charge >= 0.3 is 0 Å². The third-order valence-electron chi connectivity index (χ3n) is 3.67. The second kappa shape index (κ2) is 6.57. The number of hydrogen-bond donors (Lipinski definition) is 2. The summed E-state index contributed by atoms with van der Waals surface area (Å²) >= 11 is 0. The minimum Gasteiger partial charge on any atom is -0.350 e. The molecule has 1 fully saturated rings. The number of nitrogens with zero attached hydrogens (tertiary/aromatic N) is 1. The molecule has 0 aromatic heterocycles. The van der Waals surface area contributed by atoms with Gasteiger partial charge in [0.05, 0.1) is 12.0 Å². The highest BCUT2D eigenvalue weighted by Crippen LogP contribution is 2.32. The molecule has 1 unspecified atom stereocenters. The van der Waals surface area contributed by atoms with Crippen LogP contribution in [-0.4, -0.2) is 48.9 Å². The van der Waals surface area contributed by atoms with Crippen LogP contribution in [0.1, 0.15) is 47.0 Å². The summed E-state index contributed by atoms with van der Waals surface area (Å²) < 4.78 is 0. The van der Waals surface area contributed by atoms with E-state index in [0.29, 0.717) is 0 Å². The predicted molar refractivity (Wildman–Crippen MR) is 80.4 cm³/mol. The largest absolute Gasteiger partial charge is 0.350 e. The molecule has 20 heavy (non-hydrogen) atoms. The van der Waals surface area contributed by atoms with Crippen LogP contribution in [0.2, 0.25) is 0 Å². The molecule has 0 aromatic rings. The summed E-state index contributed by atoms with van der Waals surface area (Å²) in [5.74, 6) is -0.0145. The highest BCUT2D eigenvalue weighted by atomic mass is 16.2. The van der Waals surface area contributed by atoms with E-state index in [2.05, 4.69) is 17.6 Å². The van der Waals surface area contributed by atoms with Crippen LogP contribution >= 0.6 is 0 Å². The van der Waals surface area contributed by atoms with Gasteiger partial charge in [0.25, 0.3) is 0 Å². The van der Waals surface area contributed by atoms with E-state index in [1.165, 1.54) is 0 Å². The fourth-order valence-electron chi connectivity index (χ4n) is 2.88. The third-order valence-corrected chi connectivity index (χ3v) is 3.67. The van der Waals surface area contributed by atoms with Crippen molar-refractivity contribution >= 4 is 11.8 Å². The van der Waals surface area contributed by atoms with Crippen LogP contribution in [0, 0.1) is 5.41 Å². The molecular weight excluding hydrogens is 254 g/mol. The van der Waals surface area contributed by atoms with E-state index in [1.54, 1.807) is 11.9 Å². The Morgan fingerprint density at radius 3 is 2.45 bits per heavy atom. The van der Waals surface area contributed by atoms with Gasteiger partial charge in [-0.25, -0.2) is 0 Å². The average molecular weight is 283 g/mol. The average Bonchev–Trinajstić information content (AvgIpc) is 2.75. The van der Waals surface area contributed by atoms with Crippen molar-refractivity contribution in [1.29, 1.82) is 0 Å². The van der Waals surface area contributed by atoms with Crippen molar-refractivity contribution in [3.63, 3.8) is 0 Å². The minimum atomic E-state index is -0.314. The van der Waals surface area contributed by atoms with Crippen molar-refractivity contribution in [3.05, 3.63) is 0 Å². The molecule has 1 aliphatic heterocycles. The number of carbonyl (C=O) groups excluding carboxylic acids is 2. The van der Waals surface area contributed by atoms with Crippen LogP contribution in [0.4, 0.5) is 0 Å². The van der Waals surface area contributed by atoms with Gasteiger partial charge in [-0.3, -0.25) is 9.59 Å². The topological polar surface area (TPSA) is 61.4 Å². The summed E-state index contributed by atoms with van der Waals surface area (Å²) in [4.78, 5) is 26.2. The van der Waals surface area contributed by atoms with Gasteiger partial charge in [-0.1, -0.05) is 13.3 Å². The molecule has 5 nitrogen and oxygen atoms in total. The highest BCUT2D eigenvalue weighted by Gasteiger charge is 2.42. The van der Waals surface area contributed by atoms with Crippen molar-refractivity contribution in [1.82, 2.24) is 15.5 Å². The van der Waals surface area contributed by atoms with Gasteiger partial charge in [0.2, 0.25) is 11.8 Å². The molecule has 0 aromatic carbocycles. The first-order valence-electron chi connectivity index (χ1n) is 7.47. The fourth-order valence-corrected chi connectivity index (χ4v) is 2.88. The zero-order chi connectivity index (χ0) is 15.4. The maximum Gasteiger partial charge on any atom is 0.240 e. The zero-order valence-electron chi connectivity index (χ0n) is 13.5. The number of carbonyl (C=O) groups is 2. The van der Waals surface area contributed by atoms with Crippen LogP contribution in [0.3, 0.4) is 0 Å². The quantitative estimate of drug-likeness (QED) is 0.795. The smallest absolute Gasteiger partial charge is 0.240 e. The van der Waals surface area contributed by atoms with E-state index < -0.39 is 0 Å². The van der Waals surface area contributed by atoms with E-state index in [9.17, 15) is 9.59 Å². The number of amides is 2. The maximum absolute atomic E-state index is 12.7. The predicted octanol–water partition coefficient (Wildman–Crippen LogP) is 1.14. The summed E-state index contributed by atoms with van der Waals surface area (Å²) in [5, 5.41) is 6.17. The van der Waals surface area contributed by atoms with Crippen LogP contribution in [0.15, 0.2) is 0 Å². The van der Waals surface area contributed by atoms with Crippen molar-refractivity contribution in [2.75, 3.05) is 26.7 Å². The Morgan fingerprint density at radius 1 is 1.35 bits per heavy atom. The van der Waals surface area contributed by atoms with Gasteiger partial charge in [0.15, 0.2) is 0 Å². The van der Waals surface area contributed by atoms with Gasteiger partial charge in [0.1, 0.15) is 0 Å². The van der Waals surface area contributed by atoms with Crippen molar-refractivity contribution < 1.29 is 9.59 Å². The van der Waals surface area contributed by atoms with Crippen LogP contribution in [0.5, 0.6) is 0 Å². The maximum atomic E-state index is 12.7. The summed E-state index contributed by atoms with van der Waals surface area (Å²) in [6.45, 7) is 9.64. The van der Waals surface area contributed by atoms with Crippen LogP contribution < -0.4 is 10.6 Å². The zero-order valence-corrected chi connectivity index (χ0v) is 13.5. The Morgan fingerprint density at radius 2 is 2.00 bits per heavy atom. The lowest BCUT2D eigenvalue weighted by Crippen LogP contribution is -2.50. The lowest BCUT2D eigenvalue weighted by atomic mass is 9.81. The molecule has 2 N–H and O–H groups in total. The van der Waals surface area contributed by atoms with Crippen molar-refractivity contribution in [2.24, 2.45) is 5.41 Å². The number of rotatable bonds is 5. The molecule has 0 radical (unpaired) electrons. The second-order valence-electron chi connectivity index (χ2n) is 6.92. The van der Waals surface area contributed by atoms with E-state index in [0.717, 1.165) is 32.4 Å². The third kappa shape index (κ3) is 4.47. The highest BCUT2D eigenvalue weighted by molar-refractivity contribution is 5.88. The normalized spacial score (nSPS) is 22.6. The summed E-state index contributed by atoms with van der Waals surface area (Å²) in [6, 6.07) is 0. The molecule has 1 saturated heterocycles. The molecule has 1 aliphatic rings. The summed E-state index contributed by atoms with van der Waals surface area (Å²) in [7, 11) is 1.72. The van der Waals surface area contributed by atoms with E-state index >= 15 is 0 Å². The van der Waals surface area contributed by atoms with Gasteiger partial charge < -0.3 is 15.5 Å². The van der Waals surface area contributed by atoms with Crippen molar-refractivity contribution in [3.8, 4) is 0 Å². The van der Waals surface area contributed by atoms with Gasteiger partial charge in [-0.15, -0.1) is 0 Å². The van der Waals surface area contributed by atoms with Crippen LogP contribution in [-0.2, 0) is 9.59 Å². The van der Waals surface area contributed by atoms with Gasteiger partial charge in [-0.2, -0.15) is 0 Å². The first kappa shape index (κ1) is 17.0. The Labute approximate surface area is 122 Å². The molecule has 0 bridgehead atoms. The lowest BCUT2D eigenvalue weighted by molar-refractivity contribution is -0.143. The summed E-state index contributed by atoms with van der Waals surface area (Å²) in [6.07, 6.45) is 2.73. The molecule has 1 atom stereocenters. The standard InChI is InChI=1S/C15H29N3O2/c1-6-7-15(8-9-16-11-15)13(20)18(5)10-12(19)17-14(2,3)4/h16H,6-11H2,1-5H3,(H,17,19). The Balaban J connectivity index is 2.63. The SMILES string of the molecule is CCCC1(C(=O)N(C)CC(=O)NC(C)(C)C)CCNC1. The Hall–Kier alpha value is -1.10. The Bertz CT molecular complexity index is 355. The lowest BCUT2D eigenvalue weighted by Gasteiger charge is -2.32. The van der Waals surface area contributed by atoms with E-state index in [4.69, 9.17) is 0 Å². The molecule has 0 saturated carbocycles. The molecule has 0 spiro atoms. The minimum absolute atomic E-state index is 0.0911. The van der Waals surface area contributed by atoms with E-state index in [-0.39, 0.29) is 29.3 Å². The number of likely N-dealkylation sites (N-methyl/N-ethyl adjacent to an activating group) is 1. The molecule has 1 heterocycles. The molecule has 2 amide bonds. The molecule has 5 heteroatoms. The van der Waals surface area contributed by atoms with E-state index in [1.807, 2.05) is 20.8 Å². The van der Waals surface area contributed by atoms with Crippen LogP contribution in [0.25, 0.3) is 0 Å². The fraction of sp³-hybridized carbons (Fsp3) is 0.867.